The van der Waals surface area contributed by atoms with Gasteiger partial charge < -0.3 is 9.47 Å². The topological polar surface area (TPSA) is 8.17 Å². The summed E-state index contributed by atoms with van der Waals surface area (Å²) in [7, 11) is 0. The van der Waals surface area contributed by atoms with E-state index in [-0.39, 0.29) is 0 Å². The molecule has 0 bridgehead atoms. The zero-order valence-corrected chi connectivity index (χ0v) is 28.8. The Labute approximate surface area is 297 Å². The molecule has 0 spiro atoms. The molecule has 3 aromatic heterocycles. The van der Waals surface area contributed by atoms with Crippen LogP contribution in [0.2, 0.25) is 0 Å². The van der Waals surface area contributed by atoms with Crippen molar-refractivity contribution in [3.05, 3.63) is 163 Å². The third-order valence-corrected chi connectivity index (χ3v) is 12.9. The highest BCUT2D eigenvalue weighted by molar-refractivity contribution is 7.28. The van der Waals surface area contributed by atoms with Crippen molar-refractivity contribution in [3.63, 3.8) is 0 Å². The first-order valence-corrected chi connectivity index (χ1v) is 18.9. The van der Waals surface area contributed by atoms with Crippen molar-refractivity contribution in [3.8, 4) is 0 Å². The lowest BCUT2D eigenvalue weighted by atomic mass is 10.0. The molecule has 0 atom stereocenters. The maximum absolute atomic E-state index is 2.57. The molecule has 7 aromatic carbocycles. The number of hydrogen-bond acceptors (Lipinski definition) is 3. The van der Waals surface area contributed by atoms with Gasteiger partial charge in [-0.25, -0.2) is 0 Å². The van der Waals surface area contributed by atoms with Crippen molar-refractivity contribution in [1.82, 2.24) is 4.57 Å². The van der Waals surface area contributed by atoms with Gasteiger partial charge in [-0.3, -0.25) is 0 Å². The number of nitrogens with zero attached hydrogens (tertiary/aromatic N) is 2. The fourth-order valence-electron chi connectivity index (χ4n) is 8.28. The summed E-state index contributed by atoms with van der Waals surface area (Å²) in [5.41, 5.74) is 7.62. The first-order valence-electron chi connectivity index (χ1n) is 17.2. The first-order chi connectivity index (χ1) is 24.8. The number of fused-ring (bicyclic) bond motifs is 12. The lowest BCUT2D eigenvalue weighted by Gasteiger charge is -2.31. The molecule has 0 fully saturated rings. The van der Waals surface area contributed by atoms with Crippen LogP contribution in [0.15, 0.2) is 163 Å². The standard InChI is InChI=1S/C46H30N2S2/c1-2-13-30(14-3-1)47(38-18-10-12-29-11-4-5-15-33(29)38)31-21-23-32(24-22-31)48-39-27-25-36-34-16-6-8-19-41(34)49-45(36)43(39)44-40(48)28-26-37-35-17-7-9-20-42(35)50-46(37)44/h1-21,23,25-28H,22,24H2. The van der Waals surface area contributed by atoms with Crippen molar-refractivity contribution in [2.24, 2.45) is 0 Å². The van der Waals surface area contributed by atoms with Crippen LogP contribution in [0.3, 0.4) is 0 Å². The molecular weight excluding hydrogens is 645 g/mol. The monoisotopic (exact) mass is 674 g/mol. The molecule has 0 amide bonds. The quantitative estimate of drug-likeness (QED) is 0.180. The van der Waals surface area contributed by atoms with Gasteiger partial charge in [0.2, 0.25) is 0 Å². The Bertz CT molecular complexity index is 2910. The molecule has 1 aliphatic carbocycles. The number of allylic oxidation sites excluding steroid dienone is 4. The molecule has 1 aliphatic rings. The summed E-state index contributed by atoms with van der Waals surface area (Å²) in [6.07, 6.45) is 6.61. The van der Waals surface area contributed by atoms with Gasteiger partial charge in [0.25, 0.3) is 0 Å². The van der Waals surface area contributed by atoms with Crippen molar-refractivity contribution >= 4 is 113 Å². The van der Waals surface area contributed by atoms with Crippen LogP contribution >= 0.6 is 22.7 Å². The molecule has 0 saturated heterocycles. The van der Waals surface area contributed by atoms with Crippen LogP contribution in [-0.2, 0) is 0 Å². The molecule has 0 N–H and O–H groups in total. The summed E-state index contributed by atoms with van der Waals surface area (Å²) < 4.78 is 8.03. The van der Waals surface area contributed by atoms with E-state index in [4.69, 9.17) is 0 Å². The van der Waals surface area contributed by atoms with Gasteiger partial charge in [-0.15, -0.1) is 22.7 Å². The smallest absolute Gasteiger partial charge is 0.0553 e. The predicted octanol–water partition coefficient (Wildman–Crippen LogP) is 14.0. The second kappa shape index (κ2) is 10.9. The van der Waals surface area contributed by atoms with Crippen LogP contribution < -0.4 is 4.90 Å². The molecule has 10 aromatic rings. The van der Waals surface area contributed by atoms with Crippen LogP contribution in [0, 0.1) is 0 Å². The lowest BCUT2D eigenvalue weighted by molar-refractivity contribution is 0.896. The number of anilines is 2. The highest BCUT2D eigenvalue weighted by atomic mass is 32.1. The van der Waals surface area contributed by atoms with E-state index in [0.29, 0.717) is 0 Å². The van der Waals surface area contributed by atoms with Crippen LogP contribution in [0.4, 0.5) is 11.4 Å². The molecule has 50 heavy (non-hydrogen) atoms. The minimum atomic E-state index is 0.932. The summed E-state index contributed by atoms with van der Waals surface area (Å²) >= 11 is 3.87. The van der Waals surface area contributed by atoms with E-state index in [1.54, 1.807) is 0 Å². The van der Waals surface area contributed by atoms with Crippen LogP contribution in [0.1, 0.15) is 12.8 Å². The molecule has 0 aliphatic heterocycles. The Morgan fingerprint density at radius 1 is 0.460 bits per heavy atom. The molecule has 0 saturated carbocycles. The summed E-state index contributed by atoms with van der Waals surface area (Å²) in [6.45, 7) is 0. The molecule has 2 nitrogen and oxygen atoms in total. The average Bonchev–Trinajstić information content (AvgIpc) is 3.85. The van der Waals surface area contributed by atoms with Gasteiger partial charge in [0.1, 0.15) is 0 Å². The van der Waals surface area contributed by atoms with Gasteiger partial charge >= 0.3 is 0 Å². The number of thiophene rings is 2. The summed E-state index contributed by atoms with van der Waals surface area (Å²) in [5, 5.41) is 10.7. The predicted molar refractivity (Wildman–Crippen MR) is 219 cm³/mol. The van der Waals surface area contributed by atoms with Gasteiger partial charge in [0.15, 0.2) is 0 Å². The summed E-state index contributed by atoms with van der Waals surface area (Å²) in [5.74, 6) is 0. The van der Waals surface area contributed by atoms with Gasteiger partial charge in [0.05, 0.1) is 16.7 Å². The molecule has 4 heteroatoms. The second-order valence-corrected chi connectivity index (χ2v) is 15.3. The molecule has 0 radical (unpaired) electrons. The van der Waals surface area contributed by atoms with Crippen molar-refractivity contribution in [1.29, 1.82) is 0 Å². The Morgan fingerprint density at radius 3 is 1.68 bits per heavy atom. The Kier molecular flexibility index (Phi) is 6.15. The van der Waals surface area contributed by atoms with E-state index in [1.807, 2.05) is 22.7 Å². The maximum atomic E-state index is 2.57. The van der Waals surface area contributed by atoms with E-state index in [1.165, 1.54) is 95.7 Å². The van der Waals surface area contributed by atoms with Gasteiger partial charge in [0, 0.05) is 73.6 Å². The van der Waals surface area contributed by atoms with Gasteiger partial charge in [-0.05, 0) is 72.8 Å². The van der Waals surface area contributed by atoms with E-state index in [9.17, 15) is 0 Å². The van der Waals surface area contributed by atoms with Crippen LogP contribution in [-0.4, -0.2) is 4.57 Å². The zero-order chi connectivity index (χ0) is 32.8. The Morgan fingerprint density at radius 2 is 1.04 bits per heavy atom. The van der Waals surface area contributed by atoms with E-state index < -0.39 is 0 Å². The molecule has 3 heterocycles. The van der Waals surface area contributed by atoms with Gasteiger partial charge in [-0.1, -0.05) is 103 Å². The van der Waals surface area contributed by atoms with E-state index >= 15 is 0 Å². The largest absolute Gasteiger partial charge is 0.314 e. The van der Waals surface area contributed by atoms with Crippen molar-refractivity contribution in [2.45, 2.75) is 12.8 Å². The number of rotatable bonds is 4. The highest BCUT2D eigenvalue weighted by Gasteiger charge is 2.24. The van der Waals surface area contributed by atoms with Crippen LogP contribution in [0.25, 0.3) is 78.6 Å². The first kappa shape index (κ1) is 28.2. The Balaban J connectivity index is 1.17. The van der Waals surface area contributed by atoms with Crippen molar-refractivity contribution in [2.75, 3.05) is 4.90 Å². The second-order valence-electron chi connectivity index (χ2n) is 13.2. The van der Waals surface area contributed by atoms with Gasteiger partial charge in [-0.2, -0.15) is 0 Å². The number of benzene rings is 7. The minimum absolute atomic E-state index is 0.932. The number of para-hydroxylation sites is 1. The SMILES string of the molecule is C1=C(N(c2ccccc2)c2cccc3ccccc23)CCC(n2c3ccc4c5ccccc5sc4c3c3c4sc5ccccc5c4ccc32)=C1. The van der Waals surface area contributed by atoms with Crippen molar-refractivity contribution < 1.29 is 0 Å². The maximum Gasteiger partial charge on any atom is 0.0553 e. The third-order valence-electron chi connectivity index (χ3n) is 10.5. The lowest BCUT2D eigenvalue weighted by Crippen LogP contribution is -2.18. The average molecular weight is 675 g/mol. The minimum Gasteiger partial charge on any atom is -0.314 e. The molecular formula is C46H30N2S2. The zero-order valence-electron chi connectivity index (χ0n) is 27.1. The summed E-state index contributed by atoms with van der Waals surface area (Å²) in [6, 6.07) is 53.4. The van der Waals surface area contributed by atoms with Crippen LogP contribution in [0.5, 0.6) is 0 Å². The van der Waals surface area contributed by atoms with E-state index in [0.717, 1.165) is 12.8 Å². The third kappa shape index (κ3) is 4.07. The highest BCUT2D eigenvalue weighted by Crippen LogP contribution is 2.49. The fraction of sp³-hybridized carbons (Fsp3) is 0.0435. The number of aromatic nitrogens is 1. The molecule has 11 rings (SSSR count). The number of hydrogen-bond donors (Lipinski definition) is 0. The summed E-state index contributed by atoms with van der Waals surface area (Å²) in [4.78, 5) is 2.46. The Hall–Kier alpha value is -5.68. The van der Waals surface area contributed by atoms with E-state index in [2.05, 4.69) is 167 Å². The fourth-order valence-corrected chi connectivity index (χ4v) is 10.8. The normalized spacial score (nSPS) is 13.7. The molecule has 236 valence electrons. The molecule has 0 unspecified atom stereocenters.